The first-order valence-electron chi connectivity index (χ1n) is 6.06. The SMILES string of the molecule is C/C=C/C1CCCCN1C(=O)OC(C)(C)C. The number of amides is 1. The molecule has 0 spiro atoms. The lowest BCUT2D eigenvalue weighted by Crippen LogP contribution is -2.45. The van der Waals surface area contributed by atoms with E-state index in [1.165, 1.54) is 6.42 Å². The van der Waals surface area contributed by atoms with Crippen LogP contribution < -0.4 is 0 Å². The Hall–Kier alpha value is -0.990. The van der Waals surface area contributed by atoms with Crippen molar-refractivity contribution >= 4 is 6.09 Å². The van der Waals surface area contributed by atoms with Gasteiger partial charge in [0.25, 0.3) is 0 Å². The lowest BCUT2D eigenvalue weighted by Gasteiger charge is -2.35. The van der Waals surface area contributed by atoms with Crippen LogP contribution in [0.4, 0.5) is 4.79 Å². The van der Waals surface area contributed by atoms with Gasteiger partial charge in [-0.2, -0.15) is 0 Å². The summed E-state index contributed by atoms with van der Waals surface area (Å²) in [5, 5.41) is 0. The largest absolute Gasteiger partial charge is 0.444 e. The number of allylic oxidation sites excluding steroid dienone is 1. The third-order valence-corrected chi connectivity index (χ3v) is 2.59. The number of hydrogen-bond donors (Lipinski definition) is 0. The van der Waals surface area contributed by atoms with Gasteiger partial charge in [0.15, 0.2) is 0 Å². The van der Waals surface area contributed by atoms with E-state index in [0.29, 0.717) is 0 Å². The molecule has 1 aliphatic heterocycles. The smallest absolute Gasteiger partial charge is 0.410 e. The van der Waals surface area contributed by atoms with Crippen LogP contribution in [0.2, 0.25) is 0 Å². The standard InChI is InChI=1S/C13H23NO2/c1-5-8-11-9-6-7-10-14(11)12(15)16-13(2,3)4/h5,8,11H,6-7,9-10H2,1-4H3/b8-5+. The van der Waals surface area contributed by atoms with E-state index >= 15 is 0 Å². The Morgan fingerprint density at radius 2 is 2.06 bits per heavy atom. The molecule has 0 N–H and O–H groups in total. The van der Waals surface area contributed by atoms with E-state index in [-0.39, 0.29) is 12.1 Å². The number of carbonyl (C=O) groups excluding carboxylic acids is 1. The molecule has 0 aromatic rings. The molecule has 1 atom stereocenters. The van der Waals surface area contributed by atoms with Gasteiger partial charge in [-0.3, -0.25) is 0 Å². The molecule has 1 fully saturated rings. The average molecular weight is 225 g/mol. The van der Waals surface area contributed by atoms with E-state index in [1.54, 1.807) is 0 Å². The minimum Gasteiger partial charge on any atom is -0.444 e. The topological polar surface area (TPSA) is 29.5 Å². The molecule has 0 radical (unpaired) electrons. The van der Waals surface area contributed by atoms with E-state index in [2.05, 4.69) is 6.08 Å². The molecular formula is C13H23NO2. The quantitative estimate of drug-likeness (QED) is 0.640. The number of rotatable bonds is 1. The predicted molar refractivity (Wildman–Crippen MR) is 65.4 cm³/mol. The zero-order valence-electron chi connectivity index (χ0n) is 10.8. The van der Waals surface area contributed by atoms with Gasteiger partial charge >= 0.3 is 6.09 Å². The maximum atomic E-state index is 12.0. The van der Waals surface area contributed by atoms with Crippen molar-refractivity contribution in [2.45, 2.75) is 58.6 Å². The van der Waals surface area contributed by atoms with Crippen molar-refractivity contribution in [3.05, 3.63) is 12.2 Å². The van der Waals surface area contributed by atoms with Gasteiger partial charge in [-0.1, -0.05) is 12.2 Å². The molecule has 16 heavy (non-hydrogen) atoms. The highest BCUT2D eigenvalue weighted by molar-refractivity contribution is 5.69. The van der Waals surface area contributed by atoms with E-state index in [0.717, 1.165) is 19.4 Å². The molecule has 3 nitrogen and oxygen atoms in total. The average Bonchev–Trinajstić information content (AvgIpc) is 2.16. The van der Waals surface area contributed by atoms with E-state index < -0.39 is 5.60 Å². The monoisotopic (exact) mass is 225 g/mol. The molecule has 1 saturated heterocycles. The molecule has 0 aliphatic carbocycles. The van der Waals surface area contributed by atoms with Crippen LogP contribution in [0.25, 0.3) is 0 Å². The van der Waals surface area contributed by atoms with Gasteiger partial charge in [-0.05, 0) is 47.0 Å². The van der Waals surface area contributed by atoms with Crippen molar-refractivity contribution in [1.29, 1.82) is 0 Å². The zero-order valence-corrected chi connectivity index (χ0v) is 10.8. The van der Waals surface area contributed by atoms with Crippen molar-refractivity contribution in [3.8, 4) is 0 Å². The first-order chi connectivity index (χ1) is 7.44. The minimum absolute atomic E-state index is 0.185. The normalized spacial score (nSPS) is 22.5. The summed E-state index contributed by atoms with van der Waals surface area (Å²) >= 11 is 0. The maximum Gasteiger partial charge on any atom is 0.410 e. The van der Waals surface area contributed by atoms with Crippen LogP contribution in [0.5, 0.6) is 0 Å². The van der Waals surface area contributed by atoms with Crippen molar-refractivity contribution < 1.29 is 9.53 Å². The summed E-state index contributed by atoms with van der Waals surface area (Å²) in [7, 11) is 0. The third-order valence-electron chi connectivity index (χ3n) is 2.59. The maximum absolute atomic E-state index is 12.0. The van der Waals surface area contributed by atoms with Gasteiger partial charge in [0.1, 0.15) is 5.60 Å². The van der Waals surface area contributed by atoms with E-state index in [4.69, 9.17) is 4.74 Å². The van der Waals surface area contributed by atoms with Gasteiger partial charge < -0.3 is 9.64 Å². The Labute approximate surface area is 98.5 Å². The number of hydrogen-bond acceptors (Lipinski definition) is 2. The molecular weight excluding hydrogens is 202 g/mol. The van der Waals surface area contributed by atoms with Gasteiger partial charge in [-0.25, -0.2) is 4.79 Å². The van der Waals surface area contributed by atoms with E-state index in [9.17, 15) is 4.79 Å². The van der Waals surface area contributed by atoms with Crippen molar-refractivity contribution in [2.24, 2.45) is 0 Å². The summed E-state index contributed by atoms with van der Waals surface area (Å²) in [6, 6.07) is 0.216. The number of nitrogens with zero attached hydrogens (tertiary/aromatic N) is 1. The predicted octanol–water partition coefficient (Wildman–Crippen LogP) is 3.35. The molecule has 0 aromatic heterocycles. The molecule has 1 heterocycles. The molecule has 1 aliphatic rings. The van der Waals surface area contributed by atoms with Crippen LogP contribution in [0.1, 0.15) is 47.0 Å². The van der Waals surface area contributed by atoms with Crippen molar-refractivity contribution in [2.75, 3.05) is 6.54 Å². The molecule has 3 heteroatoms. The number of likely N-dealkylation sites (tertiary alicyclic amines) is 1. The zero-order chi connectivity index (χ0) is 12.2. The third kappa shape index (κ3) is 3.87. The number of piperidine rings is 1. The molecule has 0 aromatic carbocycles. The van der Waals surface area contributed by atoms with Crippen LogP contribution in [0, 0.1) is 0 Å². The molecule has 1 unspecified atom stereocenters. The molecule has 0 saturated carbocycles. The number of carbonyl (C=O) groups is 1. The second kappa shape index (κ2) is 5.37. The van der Waals surface area contributed by atoms with E-state index in [1.807, 2.05) is 38.7 Å². The lowest BCUT2D eigenvalue weighted by atomic mass is 10.0. The highest BCUT2D eigenvalue weighted by atomic mass is 16.6. The summed E-state index contributed by atoms with van der Waals surface area (Å²) in [4.78, 5) is 13.8. The summed E-state index contributed by atoms with van der Waals surface area (Å²) < 4.78 is 5.41. The van der Waals surface area contributed by atoms with Crippen LogP contribution in [-0.2, 0) is 4.74 Å². The van der Waals surface area contributed by atoms with Gasteiger partial charge in [0.2, 0.25) is 0 Å². The fourth-order valence-electron chi connectivity index (χ4n) is 1.93. The Bertz CT molecular complexity index is 266. The number of ether oxygens (including phenoxy) is 1. The van der Waals surface area contributed by atoms with Crippen LogP contribution in [0.15, 0.2) is 12.2 Å². The highest BCUT2D eigenvalue weighted by Crippen LogP contribution is 2.21. The Balaban J connectivity index is 2.64. The molecule has 92 valence electrons. The van der Waals surface area contributed by atoms with Gasteiger partial charge in [0.05, 0.1) is 6.04 Å². The molecule has 1 rings (SSSR count). The summed E-state index contributed by atoms with van der Waals surface area (Å²) in [5.41, 5.74) is -0.408. The summed E-state index contributed by atoms with van der Waals surface area (Å²) in [6.45, 7) is 8.50. The van der Waals surface area contributed by atoms with Gasteiger partial charge in [-0.15, -0.1) is 0 Å². The fourth-order valence-corrected chi connectivity index (χ4v) is 1.93. The first kappa shape index (κ1) is 13.1. The fraction of sp³-hybridized carbons (Fsp3) is 0.769. The van der Waals surface area contributed by atoms with Crippen molar-refractivity contribution in [3.63, 3.8) is 0 Å². The Morgan fingerprint density at radius 1 is 1.38 bits per heavy atom. The Morgan fingerprint density at radius 3 is 2.62 bits per heavy atom. The van der Waals surface area contributed by atoms with Gasteiger partial charge in [0, 0.05) is 6.54 Å². The summed E-state index contributed by atoms with van der Waals surface area (Å²) in [5.74, 6) is 0. The van der Waals surface area contributed by atoms with Crippen LogP contribution >= 0.6 is 0 Å². The Kier molecular flexibility index (Phi) is 4.39. The minimum atomic E-state index is -0.408. The van der Waals surface area contributed by atoms with Crippen LogP contribution in [-0.4, -0.2) is 29.2 Å². The van der Waals surface area contributed by atoms with Crippen LogP contribution in [0.3, 0.4) is 0 Å². The summed E-state index contributed by atoms with van der Waals surface area (Å²) in [6.07, 6.45) is 7.22. The molecule has 0 bridgehead atoms. The highest BCUT2D eigenvalue weighted by Gasteiger charge is 2.28. The second-order valence-corrected chi connectivity index (χ2v) is 5.26. The van der Waals surface area contributed by atoms with Crippen molar-refractivity contribution in [1.82, 2.24) is 4.90 Å². The lowest BCUT2D eigenvalue weighted by molar-refractivity contribution is 0.0149. The molecule has 1 amide bonds. The first-order valence-corrected chi connectivity index (χ1v) is 6.06. The second-order valence-electron chi connectivity index (χ2n) is 5.26.